The van der Waals surface area contributed by atoms with Crippen molar-refractivity contribution in [3.63, 3.8) is 0 Å². The predicted octanol–water partition coefficient (Wildman–Crippen LogP) is 0.117. The highest BCUT2D eigenvalue weighted by atomic mass is 19.1. The minimum absolute atomic E-state index is 0.118. The summed E-state index contributed by atoms with van der Waals surface area (Å²) in [4.78, 5) is 24.1. The zero-order valence-electron chi connectivity index (χ0n) is 11.0. The fourth-order valence-corrected chi connectivity index (χ4v) is 1.53. The summed E-state index contributed by atoms with van der Waals surface area (Å²) in [5.74, 6) is 3.62. The van der Waals surface area contributed by atoms with Crippen molar-refractivity contribution in [3.05, 3.63) is 35.1 Å². The molecule has 1 aromatic carbocycles. The van der Waals surface area contributed by atoms with Crippen molar-refractivity contribution in [2.75, 3.05) is 20.2 Å². The van der Waals surface area contributed by atoms with Gasteiger partial charge in [-0.15, -0.1) is 0 Å². The molecule has 3 N–H and O–H groups in total. The van der Waals surface area contributed by atoms with Gasteiger partial charge in [-0.05, 0) is 18.2 Å². The largest absolute Gasteiger partial charge is 0.395 e. The van der Waals surface area contributed by atoms with E-state index in [1.54, 1.807) is 0 Å². The lowest BCUT2D eigenvalue weighted by Gasteiger charge is -2.16. The van der Waals surface area contributed by atoms with E-state index in [-0.39, 0.29) is 30.7 Å². The first-order valence-electron chi connectivity index (χ1n) is 5.88. The Kier molecular flexibility index (Phi) is 5.69. The number of nitrogens with two attached hydrogens (primary N) is 1. The monoisotopic (exact) mass is 278 g/mol. The van der Waals surface area contributed by atoms with Gasteiger partial charge in [0.15, 0.2) is 0 Å². The maximum atomic E-state index is 13.2. The molecular formula is C14H15FN2O3. The summed E-state index contributed by atoms with van der Waals surface area (Å²) in [5, 5.41) is 8.66. The molecule has 6 heteroatoms. The second-order valence-electron chi connectivity index (χ2n) is 4.09. The SMILES string of the molecule is CN(CC(N)=O)C(=O)c1ccc(F)cc1C#CCCO. The maximum absolute atomic E-state index is 13.2. The van der Waals surface area contributed by atoms with Crippen LogP contribution in [-0.2, 0) is 4.79 Å². The second kappa shape index (κ2) is 7.26. The van der Waals surface area contributed by atoms with Crippen molar-refractivity contribution in [1.29, 1.82) is 0 Å². The van der Waals surface area contributed by atoms with Gasteiger partial charge in [-0.3, -0.25) is 9.59 Å². The smallest absolute Gasteiger partial charge is 0.255 e. The number of nitrogens with zero attached hydrogens (tertiary/aromatic N) is 1. The third kappa shape index (κ3) is 4.37. The van der Waals surface area contributed by atoms with E-state index in [0.717, 1.165) is 17.0 Å². The molecule has 0 radical (unpaired) electrons. The van der Waals surface area contributed by atoms with Crippen LogP contribution < -0.4 is 5.73 Å². The molecule has 0 atom stereocenters. The van der Waals surface area contributed by atoms with Crippen molar-refractivity contribution >= 4 is 11.8 Å². The number of aliphatic hydroxyl groups is 1. The summed E-state index contributed by atoms with van der Waals surface area (Å²) in [7, 11) is 1.42. The lowest BCUT2D eigenvalue weighted by molar-refractivity contribution is -0.118. The minimum Gasteiger partial charge on any atom is -0.395 e. The molecule has 1 aromatic rings. The van der Waals surface area contributed by atoms with Gasteiger partial charge in [0, 0.05) is 19.0 Å². The maximum Gasteiger partial charge on any atom is 0.255 e. The molecule has 5 nitrogen and oxygen atoms in total. The van der Waals surface area contributed by atoms with Gasteiger partial charge in [0.2, 0.25) is 5.91 Å². The zero-order chi connectivity index (χ0) is 15.1. The van der Waals surface area contributed by atoms with Crippen LogP contribution in [0.15, 0.2) is 18.2 Å². The first kappa shape index (κ1) is 15.7. The average molecular weight is 278 g/mol. The van der Waals surface area contributed by atoms with Gasteiger partial charge >= 0.3 is 0 Å². The van der Waals surface area contributed by atoms with Gasteiger partial charge in [0.1, 0.15) is 5.82 Å². The van der Waals surface area contributed by atoms with Crippen LogP contribution in [0.3, 0.4) is 0 Å². The highest BCUT2D eigenvalue weighted by Crippen LogP contribution is 2.12. The number of hydrogen-bond donors (Lipinski definition) is 2. The Hall–Kier alpha value is -2.39. The number of hydrogen-bond acceptors (Lipinski definition) is 3. The summed E-state index contributed by atoms with van der Waals surface area (Å²) in [6.45, 7) is -0.354. The predicted molar refractivity (Wildman–Crippen MR) is 71.1 cm³/mol. The summed E-state index contributed by atoms with van der Waals surface area (Å²) in [5.41, 5.74) is 5.41. The number of rotatable bonds is 4. The quantitative estimate of drug-likeness (QED) is 0.767. The molecule has 106 valence electrons. The number of primary amides is 1. The van der Waals surface area contributed by atoms with E-state index in [2.05, 4.69) is 11.8 Å². The Labute approximate surface area is 116 Å². The lowest BCUT2D eigenvalue weighted by atomic mass is 10.1. The van der Waals surface area contributed by atoms with Crippen molar-refractivity contribution in [2.24, 2.45) is 5.73 Å². The lowest BCUT2D eigenvalue weighted by Crippen LogP contribution is -2.35. The molecule has 0 bridgehead atoms. The second-order valence-corrected chi connectivity index (χ2v) is 4.09. The van der Waals surface area contributed by atoms with Crippen molar-refractivity contribution in [1.82, 2.24) is 4.90 Å². The summed E-state index contributed by atoms with van der Waals surface area (Å²) in [6, 6.07) is 3.58. The average Bonchev–Trinajstić information content (AvgIpc) is 2.37. The Bertz CT molecular complexity index is 576. The summed E-state index contributed by atoms with van der Waals surface area (Å²) < 4.78 is 13.2. The molecule has 0 aromatic heterocycles. The standard InChI is InChI=1S/C14H15FN2O3/c1-17(9-13(16)19)14(20)12-6-5-11(15)8-10(12)4-2-3-7-18/h5-6,8,18H,3,7,9H2,1H3,(H2,16,19). The van der Waals surface area contributed by atoms with Gasteiger partial charge in [-0.2, -0.15) is 0 Å². The Morgan fingerprint density at radius 2 is 2.15 bits per heavy atom. The number of halogens is 1. The third-order valence-electron chi connectivity index (χ3n) is 2.41. The molecule has 2 amide bonds. The molecule has 0 aliphatic heterocycles. The molecule has 20 heavy (non-hydrogen) atoms. The number of amides is 2. The molecule has 0 spiro atoms. The molecule has 0 unspecified atom stereocenters. The van der Waals surface area contributed by atoms with E-state index in [1.807, 2.05) is 0 Å². The van der Waals surface area contributed by atoms with Crippen LogP contribution in [0.4, 0.5) is 4.39 Å². The zero-order valence-corrected chi connectivity index (χ0v) is 11.0. The number of aliphatic hydroxyl groups excluding tert-OH is 1. The van der Waals surface area contributed by atoms with E-state index < -0.39 is 17.6 Å². The van der Waals surface area contributed by atoms with Crippen LogP contribution in [0.5, 0.6) is 0 Å². The normalized spacial score (nSPS) is 9.55. The number of carbonyl (C=O) groups is 2. The molecular weight excluding hydrogens is 263 g/mol. The summed E-state index contributed by atoms with van der Waals surface area (Å²) >= 11 is 0. The highest BCUT2D eigenvalue weighted by molar-refractivity contribution is 5.98. The van der Waals surface area contributed by atoms with Gasteiger partial charge in [0.25, 0.3) is 5.91 Å². The van der Waals surface area contributed by atoms with Gasteiger partial charge in [0.05, 0.1) is 18.7 Å². The molecule has 0 saturated heterocycles. The summed E-state index contributed by atoms with van der Waals surface area (Å²) in [6.07, 6.45) is 0.223. The van der Waals surface area contributed by atoms with Crippen LogP contribution >= 0.6 is 0 Å². The van der Waals surface area contributed by atoms with E-state index in [9.17, 15) is 14.0 Å². The first-order chi connectivity index (χ1) is 9.45. The minimum atomic E-state index is -0.643. The molecule has 0 fully saturated rings. The van der Waals surface area contributed by atoms with E-state index in [0.29, 0.717) is 0 Å². The number of carbonyl (C=O) groups excluding carboxylic acids is 2. The van der Waals surface area contributed by atoms with Crippen LogP contribution in [0.25, 0.3) is 0 Å². The topological polar surface area (TPSA) is 83.6 Å². The van der Waals surface area contributed by atoms with Crippen molar-refractivity contribution in [2.45, 2.75) is 6.42 Å². The fraction of sp³-hybridized carbons (Fsp3) is 0.286. The van der Waals surface area contributed by atoms with Gasteiger partial charge in [-0.1, -0.05) is 11.8 Å². The van der Waals surface area contributed by atoms with Crippen LogP contribution in [0.2, 0.25) is 0 Å². The van der Waals surface area contributed by atoms with Gasteiger partial charge in [-0.25, -0.2) is 4.39 Å². The molecule has 0 aliphatic rings. The van der Waals surface area contributed by atoms with E-state index in [4.69, 9.17) is 10.8 Å². The third-order valence-corrected chi connectivity index (χ3v) is 2.41. The number of likely N-dealkylation sites (N-methyl/N-ethyl adjacent to an activating group) is 1. The Morgan fingerprint density at radius 1 is 1.45 bits per heavy atom. The molecule has 0 aliphatic carbocycles. The van der Waals surface area contributed by atoms with Crippen LogP contribution in [0, 0.1) is 17.7 Å². The van der Waals surface area contributed by atoms with E-state index >= 15 is 0 Å². The Morgan fingerprint density at radius 3 is 2.75 bits per heavy atom. The highest BCUT2D eigenvalue weighted by Gasteiger charge is 2.16. The Balaban J connectivity index is 3.08. The first-order valence-corrected chi connectivity index (χ1v) is 5.88. The fourth-order valence-electron chi connectivity index (χ4n) is 1.53. The molecule has 0 heterocycles. The number of benzene rings is 1. The van der Waals surface area contributed by atoms with Crippen LogP contribution in [0.1, 0.15) is 22.3 Å². The molecule has 1 rings (SSSR count). The molecule has 0 saturated carbocycles. The van der Waals surface area contributed by atoms with E-state index in [1.165, 1.54) is 13.1 Å². The van der Waals surface area contributed by atoms with Crippen LogP contribution in [-0.4, -0.2) is 42.0 Å². The van der Waals surface area contributed by atoms with Crippen molar-refractivity contribution in [3.8, 4) is 11.8 Å². The van der Waals surface area contributed by atoms with Gasteiger partial charge < -0.3 is 15.7 Å². The van der Waals surface area contributed by atoms with Crippen molar-refractivity contribution < 1.29 is 19.1 Å².